The van der Waals surface area contributed by atoms with Crippen molar-refractivity contribution in [1.29, 1.82) is 0 Å². The summed E-state index contributed by atoms with van der Waals surface area (Å²) in [5.41, 5.74) is 3.24. The number of nitrogens with one attached hydrogen (secondary N) is 2. The van der Waals surface area contributed by atoms with Gasteiger partial charge in [0.05, 0.1) is 19.0 Å². The van der Waals surface area contributed by atoms with Gasteiger partial charge in [-0.15, -0.1) is 0 Å². The van der Waals surface area contributed by atoms with Gasteiger partial charge in [0.2, 0.25) is 0 Å². The van der Waals surface area contributed by atoms with Crippen LogP contribution in [0.2, 0.25) is 0 Å². The van der Waals surface area contributed by atoms with Crippen LogP contribution in [-0.4, -0.2) is 39.1 Å². The maximum atomic E-state index is 12.4. The van der Waals surface area contributed by atoms with Crippen molar-refractivity contribution in [2.45, 2.75) is 26.1 Å². The molecule has 1 aromatic carbocycles. The zero-order chi connectivity index (χ0) is 18.6. The molecule has 1 amide bonds. The Balaban J connectivity index is 1.42. The molecule has 8 nitrogen and oxygen atoms in total. The number of aromatic nitrogens is 4. The van der Waals surface area contributed by atoms with E-state index in [0.717, 1.165) is 48.7 Å². The maximum absolute atomic E-state index is 12.4. The predicted molar refractivity (Wildman–Crippen MR) is 99.8 cm³/mol. The standard InChI is InChI=1S/C19H22N6O2/c1-27-18-6-3-2-5-17(18)25-13-14(11-22-25)10-21-19(26)16-9-15-12-20-7-4-8-24(15)23-16/h2-3,5-6,9,11,13,20H,4,7-8,10,12H2,1H3,(H,21,26). The quantitative estimate of drug-likeness (QED) is 0.715. The summed E-state index contributed by atoms with van der Waals surface area (Å²) < 4.78 is 9.02. The average Bonchev–Trinajstić information content (AvgIpc) is 3.28. The van der Waals surface area contributed by atoms with Gasteiger partial charge in [-0.25, -0.2) is 4.68 Å². The van der Waals surface area contributed by atoms with Gasteiger partial charge in [0.1, 0.15) is 11.4 Å². The molecule has 0 unspecified atom stereocenters. The molecule has 140 valence electrons. The van der Waals surface area contributed by atoms with E-state index in [4.69, 9.17) is 4.74 Å². The van der Waals surface area contributed by atoms with Gasteiger partial charge in [-0.05, 0) is 31.2 Å². The van der Waals surface area contributed by atoms with Crippen LogP contribution >= 0.6 is 0 Å². The number of fused-ring (bicyclic) bond motifs is 1. The Bertz CT molecular complexity index is 922. The Kier molecular flexibility index (Phi) is 4.88. The molecule has 0 aliphatic carbocycles. The SMILES string of the molecule is COc1ccccc1-n1cc(CNC(=O)c2cc3n(n2)CCCNC3)cn1. The third-order valence-electron chi connectivity index (χ3n) is 4.55. The lowest BCUT2D eigenvalue weighted by molar-refractivity contribution is 0.0945. The molecule has 0 spiro atoms. The molecular weight excluding hydrogens is 344 g/mol. The number of para-hydroxylation sites is 2. The van der Waals surface area contributed by atoms with Crippen molar-refractivity contribution in [3.8, 4) is 11.4 Å². The van der Waals surface area contributed by atoms with Crippen molar-refractivity contribution in [2.75, 3.05) is 13.7 Å². The first-order valence-corrected chi connectivity index (χ1v) is 8.97. The predicted octanol–water partition coefficient (Wildman–Crippen LogP) is 1.50. The van der Waals surface area contributed by atoms with Crippen LogP contribution in [0.5, 0.6) is 5.75 Å². The van der Waals surface area contributed by atoms with E-state index < -0.39 is 0 Å². The summed E-state index contributed by atoms with van der Waals surface area (Å²) >= 11 is 0. The number of benzene rings is 1. The lowest BCUT2D eigenvalue weighted by atomic mass is 10.3. The summed E-state index contributed by atoms with van der Waals surface area (Å²) in [6, 6.07) is 9.51. The summed E-state index contributed by atoms with van der Waals surface area (Å²) in [6.07, 6.45) is 4.63. The Morgan fingerprint density at radius 3 is 3.15 bits per heavy atom. The van der Waals surface area contributed by atoms with Crippen LogP contribution < -0.4 is 15.4 Å². The maximum Gasteiger partial charge on any atom is 0.272 e. The number of rotatable bonds is 5. The van der Waals surface area contributed by atoms with E-state index in [-0.39, 0.29) is 5.91 Å². The number of ether oxygens (including phenoxy) is 1. The topological polar surface area (TPSA) is 86.0 Å². The molecule has 0 bridgehead atoms. The number of hydrogen-bond acceptors (Lipinski definition) is 5. The highest BCUT2D eigenvalue weighted by Crippen LogP contribution is 2.21. The van der Waals surface area contributed by atoms with Gasteiger partial charge in [0, 0.05) is 31.4 Å². The molecule has 1 aliphatic heterocycles. The molecule has 4 rings (SSSR count). The zero-order valence-electron chi connectivity index (χ0n) is 15.2. The van der Waals surface area contributed by atoms with Gasteiger partial charge in [-0.3, -0.25) is 9.48 Å². The molecule has 2 aromatic heterocycles. The molecule has 3 heterocycles. The van der Waals surface area contributed by atoms with E-state index in [1.807, 2.05) is 41.2 Å². The highest BCUT2D eigenvalue weighted by molar-refractivity contribution is 5.92. The van der Waals surface area contributed by atoms with Crippen molar-refractivity contribution in [3.63, 3.8) is 0 Å². The van der Waals surface area contributed by atoms with Gasteiger partial charge in [-0.2, -0.15) is 10.2 Å². The summed E-state index contributed by atoms with van der Waals surface area (Å²) in [4.78, 5) is 12.4. The number of carbonyl (C=O) groups is 1. The second kappa shape index (κ2) is 7.63. The first kappa shape index (κ1) is 17.3. The Hall–Kier alpha value is -3.13. The Morgan fingerprint density at radius 1 is 1.37 bits per heavy atom. The first-order chi connectivity index (χ1) is 13.2. The lowest BCUT2D eigenvalue weighted by Crippen LogP contribution is -2.23. The van der Waals surface area contributed by atoms with Gasteiger partial charge in [0.15, 0.2) is 5.69 Å². The minimum absolute atomic E-state index is 0.180. The van der Waals surface area contributed by atoms with Crippen LogP contribution in [0.25, 0.3) is 5.69 Å². The molecule has 1 aliphatic rings. The van der Waals surface area contributed by atoms with Gasteiger partial charge in [0.25, 0.3) is 5.91 Å². The highest BCUT2D eigenvalue weighted by atomic mass is 16.5. The second-order valence-corrected chi connectivity index (χ2v) is 6.42. The number of aryl methyl sites for hydroxylation is 1. The fourth-order valence-corrected chi connectivity index (χ4v) is 3.15. The Morgan fingerprint density at radius 2 is 2.26 bits per heavy atom. The number of hydrogen-bond donors (Lipinski definition) is 2. The van der Waals surface area contributed by atoms with Crippen molar-refractivity contribution >= 4 is 5.91 Å². The summed E-state index contributed by atoms with van der Waals surface area (Å²) in [7, 11) is 1.63. The molecule has 0 fully saturated rings. The third-order valence-corrected chi connectivity index (χ3v) is 4.55. The minimum atomic E-state index is -0.180. The van der Waals surface area contributed by atoms with Crippen molar-refractivity contribution in [3.05, 3.63) is 59.7 Å². The molecule has 0 radical (unpaired) electrons. The van der Waals surface area contributed by atoms with E-state index in [1.165, 1.54) is 0 Å². The largest absolute Gasteiger partial charge is 0.494 e. The molecule has 0 saturated carbocycles. The van der Waals surface area contributed by atoms with Crippen molar-refractivity contribution < 1.29 is 9.53 Å². The molecule has 8 heteroatoms. The van der Waals surface area contributed by atoms with Crippen LogP contribution in [-0.2, 0) is 19.6 Å². The average molecular weight is 366 g/mol. The number of methoxy groups -OCH3 is 1. The molecule has 3 aromatic rings. The smallest absolute Gasteiger partial charge is 0.272 e. The van der Waals surface area contributed by atoms with Crippen LogP contribution in [0, 0.1) is 0 Å². The third kappa shape index (κ3) is 3.70. The number of amides is 1. The minimum Gasteiger partial charge on any atom is -0.494 e. The van der Waals surface area contributed by atoms with E-state index >= 15 is 0 Å². The Labute approximate surface area is 157 Å². The summed E-state index contributed by atoms with van der Waals surface area (Å²) in [6.45, 7) is 2.93. The molecular formula is C19H22N6O2. The van der Waals surface area contributed by atoms with E-state index in [0.29, 0.717) is 12.2 Å². The molecule has 27 heavy (non-hydrogen) atoms. The number of carbonyl (C=O) groups excluding carboxylic acids is 1. The van der Waals surface area contributed by atoms with E-state index in [1.54, 1.807) is 18.0 Å². The second-order valence-electron chi connectivity index (χ2n) is 6.42. The van der Waals surface area contributed by atoms with Crippen molar-refractivity contribution in [1.82, 2.24) is 30.2 Å². The lowest BCUT2D eigenvalue weighted by Gasteiger charge is -2.07. The normalized spacial score (nSPS) is 13.7. The molecule has 2 N–H and O–H groups in total. The molecule has 0 saturated heterocycles. The summed E-state index contributed by atoms with van der Waals surface area (Å²) in [5.74, 6) is 0.560. The fraction of sp³-hybridized carbons (Fsp3) is 0.316. The summed E-state index contributed by atoms with van der Waals surface area (Å²) in [5, 5.41) is 15.0. The van der Waals surface area contributed by atoms with Crippen LogP contribution in [0.4, 0.5) is 0 Å². The highest BCUT2D eigenvalue weighted by Gasteiger charge is 2.16. The van der Waals surface area contributed by atoms with Crippen LogP contribution in [0.1, 0.15) is 28.2 Å². The van der Waals surface area contributed by atoms with E-state index in [9.17, 15) is 4.79 Å². The van der Waals surface area contributed by atoms with Gasteiger partial charge in [-0.1, -0.05) is 12.1 Å². The fourth-order valence-electron chi connectivity index (χ4n) is 3.15. The zero-order valence-corrected chi connectivity index (χ0v) is 15.2. The molecule has 0 atom stereocenters. The van der Waals surface area contributed by atoms with Gasteiger partial charge >= 0.3 is 0 Å². The monoisotopic (exact) mass is 366 g/mol. The van der Waals surface area contributed by atoms with E-state index in [2.05, 4.69) is 20.8 Å². The first-order valence-electron chi connectivity index (χ1n) is 8.97. The number of nitrogens with zero attached hydrogens (tertiary/aromatic N) is 4. The van der Waals surface area contributed by atoms with Crippen molar-refractivity contribution in [2.24, 2.45) is 0 Å². The van der Waals surface area contributed by atoms with Crippen LogP contribution in [0.15, 0.2) is 42.7 Å². The van der Waals surface area contributed by atoms with Crippen LogP contribution in [0.3, 0.4) is 0 Å². The van der Waals surface area contributed by atoms with Gasteiger partial charge < -0.3 is 15.4 Å².